The highest BCUT2D eigenvalue weighted by Gasteiger charge is 2.19. The van der Waals surface area contributed by atoms with Gasteiger partial charge in [-0.2, -0.15) is 0 Å². The third-order valence-corrected chi connectivity index (χ3v) is 3.60. The van der Waals surface area contributed by atoms with E-state index in [0.29, 0.717) is 17.9 Å². The lowest BCUT2D eigenvalue weighted by Gasteiger charge is -2.14. The zero-order valence-electron chi connectivity index (χ0n) is 13.7. The molecule has 0 saturated carbocycles. The fraction of sp³-hybridized carbons (Fsp3) is 0.222. The number of rotatable bonds is 6. The molecule has 5 nitrogen and oxygen atoms in total. The Morgan fingerprint density at radius 1 is 1.24 bits per heavy atom. The molecule has 0 heterocycles. The topological polar surface area (TPSA) is 64.6 Å². The van der Waals surface area contributed by atoms with Crippen LogP contribution in [-0.2, 0) is 20.9 Å². The number of hydrogen-bond acceptors (Lipinski definition) is 4. The van der Waals surface area contributed by atoms with Crippen molar-refractivity contribution in [2.45, 2.75) is 19.6 Å². The van der Waals surface area contributed by atoms with Crippen molar-refractivity contribution in [3.63, 3.8) is 0 Å². The standard InChI is InChI=1S/C18H17ClFNO4/c1-11(17(22)21-14-6-7-16(20)15(19)9-14)25-18(23)13-5-3-4-12(8-13)10-24-2/h3-9,11H,10H2,1-2H3,(H,21,22)/t11-/m1/s1. The molecule has 0 spiro atoms. The van der Waals surface area contributed by atoms with Gasteiger partial charge in [-0.3, -0.25) is 4.79 Å². The van der Waals surface area contributed by atoms with E-state index in [2.05, 4.69) is 5.32 Å². The largest absolute Gasteiger partial charge is 0.449 e. The third kappa shape index (κ3) is 5.27. The number of nitrogens with one attached hydrogen (secondary N) is 1. The molecule has 0 aliphatic rings. The van der Waals surface area contributed by atoms with Crippen molar-refractivity contribution < 1.29 is 23.5 Å². The van der Waals surface area contributed by atoms with Crippen LogP contribution in [0, 0.1) is 5.82 Å². The summed E-state index contributed by atoms with van der Waals surface area (Å²) in [5.41, 5.74) is 1.44. The molecule has 0 aliphatic carbocycles. The number of carbonyl (C=O) groups excluding carboxylic acids is 2. The maximum Gasteiger partial charge on any atom is 0.338 e. The molecule has 2 aromatic carbocycles. The Labute approximate surface area is 149 Å². The van der Waals surface area contributed by atoms with Crippen LogP contribution in [0.5, 0.6) is 0 Å². The first-order chi connectivity index (χ1) is 11.9. The van der Waals surface area contributed by atoms with Crippen molar-refractivity contribution in [1.29, 1.82) is 0 Å². The van der Waals surface area contributed by atoms with Crippen molar-refractivity contribution >= 4 is 29.2 Å². The third-order valence-electron chi connectivity index (χ3n) is 3.31. The average molecular weight is 366 g/mol. The minimum Gasteiger partial charge on any atom is -0.449 e. The highest BCUT2D eigenvalue weighted by Crippen LogP contribution is 2.19. The van der Waals surface area contributed by atoms with E-state index in [4.69, 9.17) is 21.1 Å². The first-order valence-electron chi connectivity index (χ1n) is 7.45. The Kier molecular flexibility index (Phi) is 6.50. The van der Waals surface area contributed by atoms with E-state index in [1.165, 1.54) is 19.1 Å². The summed E-state index contributed by atoms with van der Waals surface area (Å²) >= 11 is 5.66. The lowest BCUT2D eigenvalue weighted by molar-refractivity contribution is -0.123. The van der Waals surface area contributed by atoms with Gasteiger partial charge in [-0.25, -0.2) is 9.18 Å². The molecule has 0 aliphatic heterocycles. The number of amides is 1. The predicted molar refractivity (Wildman–Crippen MR) is 92.1 cm³/mol. The lowest BCUT2D eigenvalue weighted by atomic mass is 10.1. The van der Waals surface area contributed by atoms with Gasteiger partial charge in [0.15, 0.2) is 6.10 Å². The molecule has 2 aromatic rings. The number of ether oxygens (including phenoxy) is 2. The molecule has 0 unspecified atom stereocenters. The summed E-state index contributed by atoms with van der Waals surface area (Å²) in [6.45, 7) is 1.81. The predicted octanol–water partition coefficient (Wildman–Crippen LogP) is 3.81. The summed E-state index contributed by atoms with van der Waals surface area (Å²) in [6.07, 6.45) is -1.04. The van der Waals surface area contributed by atoms with Gasteiger partial charge in [0.05, 0.1) is 17.2 Å². The zero-order valence-corrected chi connectivity index (χ0v) is 14.5. The van der Waals surface area contributed by atoms with Crippen LogP contribution in [0.4, 0.5) is 10.1 Å². The summed E-state index contributed by atoms with van der Waals surface area (Å²) < 4.78 is 23.3. The van der Waals surface area contributed by atoms with Gasteiger partial charge in [-0.05, 0) is 42.8 Å². The maximum absolute atomic E-state index is 13.1. The molecule has 1 amide bonds. The second kappa shape index (κ2) is 8.60. The summed E-state index contributed by atoms with van der Waals surface area (Å²) in [4.78, 5) is 24.3. The van der Waals surface area contributed by atoms with Crippen LogP contribution in [-0.4, -0.2) is 25.1 Å². The minimum atomic E-state index is -1.04. The summed E-state index contributed by atoms with van der Waals surface area (Å²) in [5.74, 6) is -1.77. The van der Waals surface area contributed by atoms with E-state index in [1.54, 1.807) is 25.3 Å². The molecule has 0 saturated heterocycles. The molecule has 132 valence electrons. The minimum absolute atomic E-state index is 0.114. The van der Waals surface area contributed by atoms with Crippen LogP contribution in [0.1, 0.15) is 22.8 Å². The average Bonchev–Trinajstić information content (AvgIpc) is 2.58. The van der Waals surface area contributed by atoms with E-state index < -0.39 is 23.8 Å². The Bertz CT molecular complexity index is 781. The van der Waals surface area contributed by atoms with Crippen molar-refractivity contribution in [3.05, 3.63) is 64.4 Å². The molecule has 25 heavy (non-hydrogen) atoms. The molecule has 2 rings (SSSR count). The molecule has 1 atom stereocenters. The van der Waals surface area contributed by atoms with Gasteiger partial charge in [0.1, 0.15) is 5.82 Å². The monoisotopic (exact) mass is 365 g/mol. The van der Waals surface area contributed by atoms with Gasteiger partial charge in [-0.15, -0.1) is 0 Å². The van der Waals surface area contributed by atoms with Crippen LogP contribution >= 0.6 is 11.6 Å². The van der Waals surface area contributed by atoms with Crippen molar-refractivity contribution in [2.24, 2.45) is 0 Å². The Morgan fingerprint density at radius 3 is 2.68 bits per heavy atom. The molecular formula is C18H17ClFNO4. The maximum atomic E-state index is 13.1. The SMILES string of the molecule is COCc1cccc(C(=O)O[C@H](C)C(=O)Nc2ccc(F)c(Cl)c2)c1. The molecule has 0 radical (unpaired) electrons. The van der Waals surface area contributed by atoms with E-state index in [0.717, 1.165) is 11.6 Å². The second-order valence-electron chi connectivity index (χ2n) is 5.30. The van der Waals surface area contributed by atoms with E-state index in [-0.39, 0.29) is 5.02 Å². The smallest absolute Gasteiger partial charge is 0.338 e. The normalized spacial score (nSPS) is 11.7. The van der Waals surface area contributed by atoms with Crippen LogP contribution < -0.4 is 5.32 Å². The van der Waals surface area contributed by atoms with E-state index in [1.807, 2.05) is 6.07 Å². The Balaban J connectivity index is 1.99. The van der Waals surface area contributed by atoms with Crippen LogP contribution in [0.3, 0.4) is 0 Å². The molecule has 0 fully saturated rings. The van der Waals surface area contributed by atoms with Crippen molar-refractivity contribution in [1.82, 2.24) is 0 Å². The molecular weight excluding hydrogens is 349 g/mol. The van der Waals surface area contributed by atoms with E-state index in [9.17, 15) is 14.0 Å². The molecule has 1 N–H and O–H groups in total. The number of carbonyl (C=O) groups is 2. The fourth-order valence-electron chi connectivity index (χ4n) is 2.05. The number of methoxy groups -OCH3 is 1. The Hall–Kier alpha value is -2.44. The fourth-order valence-corrected chi connectivity index (χ4v) is 2.24. The molecule has 0 bridgehead atoms. The van der Waals surface area contributed by atoms with Crippen molar-refractivity contribution in [3.8, 4) is 0 Å². The number of benzene rings is 2. The summed E-state index contributed by atoms with van der Waals surface area (Å²) in [5, 5.41) is 2.40. The van der Waals surface area contributed by atoms with Crippen LogP contribution in [0.25, 0.3) is 0 Å². The van der Waals surface area contributed by atoms with Gasteiger partial charge >= 0.3 is 5.97 Å². The Morgan fingerprint density at radius 2 is 2.00 bits per heavy atom. The first kappa shape index (κ1) is 18.9. The van der Waals surface area contributed by atoms with Crippen LogP contribution in [0.15, 0.2) is 42.5 Å². The second-order valence-corrected chi connectivity index (χ2v) is 5.71. The van der Waals surface area contributed by atoms with Gasteiger partial charge < -0.3 is 14.8 Å². The van der Waals surface area contributed by atoms with Crippen molar-refractivity contribution in [2.75, 3.05) is 12.4 Å². The van der Waals surface area contributed by atoms with E-state index >= 15 is 0 Å². The number of anilines is 1. The highest BCUT2D eigenvalue weighted by molar-refractivity contribution is 6.31. The first-order valence-corrected chi connectivity index (χ1v) is 7.83. The molecule has 0 aromatic heterocycles. The molecule has 7 heteroatoms. The summed E-state index contributed by atoms with van der Waals surface area (Å²) in [7, 11) is 1.55. The quantitative estimate of drug-likeness (QED) is 0.790. The number of halogens is 2. The highest BCUT2D eigenvalue weighted by atomic mass is 35.5. The van der Waals surface area contributed by atoms with Gasteiger partial charge in [-0.1, -0.05) is 23.7 Å². The van der Waals surface area contributed by atoms with Crippen LogP contribution in [0.2, 0.25) is 5.02 Å². The van der Waals surface area contributed by atoms with Gasteiger partial charge in [0, 0.05) is 12.8 Å². The number of esters is 1. The number of hydrogen-bond donors (Lipinski definition) is 1. The van der Waals surface area contributed by atoms with Gasteiger partial charge in [0.25, 0.3) is 5.91 Å². The summed E-state index contributed by atoms with van der Waals surface area (Å²) in [6, 6.07) is 10.5. The lowest BCUT2D eigenvalue weighted by Crippen LogP contribution is -2.30. The van der Waals surface area contributed by atoms with Gasteiger partial charge in [0.2, 0.25) is 0 Å². The zero-order chi connectivity index (χ0) is 18.4.